The van der Waals surface area contributed by atoms with Crippen molar-refractivity contribution >= 4 is 22.6 Å². The van der Waals surface area contributed by atoms with Crippen LogP contribution in [0.15, 0.2) is 24.3 Å². The van der Waals surface area contributed by atoms with Gasteiger partial charge in [-0.1, -0.05) is 12.1 Å². The fourth-order valence-corrected chi connectivity index (χ4v) is 3.19. The molecule has 122 valence electrons. The van der Waals surface area contributed by atoms with Crippen LogP contribution in [-0.4, -0.2) is 53.5 Å². The highest BCUT2D eigenvalue weighted by molar-refractivity contribution is 7.09. The third-order valence-electron chi connectivity index (χ3n) is 3.67. The molecule has 0 spiro atoms. The number of benzene rings is 1. The lowest BCUT2D eigenvalue weighted by Crippen LogP contribution is -2.49. The first-order valence-corrected chi connectivity index (χ1v) is 8.06. The highest BCUT2D eigenvalue weighted by atomic mass is 32.1. The maximum atomic E-state index is 13.7. The van der Waals surface area contributed by atoms with E-state index in [1.165, 1.54) is 23.7 Å². The summed E-state index contributed by atoms with van der Waals surface area (Å²) in [5, 5.41) is 0.829. The van der Waals surface area contributed by atoms with Crippen LogP contribution >= 0.6 is 11.5 Å². The van der Waals surface area contributed by atoms with E-state index in [9.17, 15) is 9.18 Å². The zero-order valence-electron chi connectivity index (χ0n) is 12.7. The second-order valence-electron chi connectivity index (χ2n) is 5.19. The van der Waals surface area contributed by atoms with Gasteiger partial charge >= 0.3 is 0 Å². The van der Waals surface area contributed by atoms with Crippen molar-refractivity contribution in [1.82, 2.24) is 14.3 Å². The van der Waals surface area contributed by atoms with Gasteiger partial charge in [0.15, 0.2) is 5.82 Å². The van der Waals surface area contributed by atoms with Gasteiger partial charge in [-0.25, -0.2) is 9.37 Å². The molecule has 8 heteroatoms. The van der Waals surface area contributed by atoms with Crippen molar-refractivity contribution in [2.45, 2.75) is 6.61 Å². The van der Waals surface area contributed by atoms with Crippen LogP contribution in [0.1, 0.15) is 16.2 Å². The summed E-state index contributed by atoms with van der Waals surface area (Å²) in [4.78, 5) is 20.5. The lowest BCUT2D eigenvalue weighted by molar-refractivity contribution is 0.0742. The van der Waals surface area contributed by atoms with Gasteiger partial charge in [-0.15, -0.1) is 0 Å². The van der Waals surface area contributed by atoms with Crippen LogP contribution in [0.4, 0.5) is 9.52 Å². The average molecular weight is 336 g/mol. The van der Waals surface area contributed by atoms with Crippen LogP contribution in [0.25, 0.3) is 0 Å². The second kappa shape index (κ2) is 7.01. The molecule has 1 aromatic heterocycles. The Balaban J connectivity index is 1.61. The number of carbonyl (C=O) groups excluding carboxylic acids is 1. The Morgan fingerprint density at radius 1 is 1.30 bits per heavy atom. The van der Waals surface area contributed by atoms with Gasteiger partial charge in [-0.2, -0.15) is 4.37 Å². The molecule has 2 heterocycles. The maximum Gasteiger partial charge on any atom is 0.256 e. The molecular weight excluding hydrogens is 319 g/mol. The van der Waals surface area contributed by atoms with Gasteiger partial charge in [0.2, 0.25) is 5.13 Å². The van der Waals surface area contributed by atoms with E-state index in [0.29, 0.717) is 38.6 Å². The number of piperazine rings is 1. The van der Waals surface area contributed by atoms with E-state index < -0.39 is 5.82 Å². The Kier molecular flexibility index (Phi) is 4.82. The van der Waals surface area contributed by atoms with Crippen LogP contribution in [0, 0.1) is 5.82 Å². The first-order chi connectivity index (χ1) is 11.2. The van der Waals surface area contributed by atoms with Crippen molar-refractivity contribution in [2.75, 3.05) is 38.2 Å². The predicted octanol–water partition coefficient (Wildman–Crippen LogP) is 1.79. The van der Waals surface area contributed by atoms with Gasteiger partial charge in [0.05, 0.1) is 5.56 Å². The third-order valence-corrected chi connectivity index (χ3v) is 4.49. The lowest BCUT2D eigenvalue weighted by atomic mass is 10.1. The van der Waals surface area contributed by atoms with Gasteiger partial charge in [-0.3, -0.25) is 4.79 Å². The number of ether oxygens (including phenoxy) is 1. The standard InChI is InChI=1S/C15H17FN4O2S/c1-22-10-13-17-15(23-18-13)20-8-6-19(7-9-20)14(21)11-4-2-3-5-12(11)16/h2-5H,6-10H2,1H3. The summed E-state index contributed by atoms with van der Waals surface area (Å²) in [5.74, 6) is -0.0780. The van der Waals surface area contributed by atoms with Crippen molar-refractivity contribution in [1.29, 1.82) is 0 Å². The molecule has 0 N–H and O–H groups in total. The van der Waals surface area contributed by atoms with Crippen LogP contribution in [0.3, 0.4) is 0 Å². The first kappa shape index (κ1) is 15.8. The Labute approximate surface area is 137 Å². The van der Waals surface area contributed by atoms with Gasteiger partial charge in [-0.05, 0) is 12.1 Å². The minimum absolute atomic E-state index is 0.124. The molecular formula is C15H17FN4O2S. The van der Waals surface area contributed by atoms with Gasteiger partial charge < -0.3 is 14.5 Å². The average Bonchev–Trinajstić information content (AvgIpc) is 3.04. The van der Waals surface area contributed by atoms with Crippen molar-refractivity contribution in [2.24, 2.45) is 0 Å². The molecule has 1 saturated heterocycles. The Morgan fingerprint density at radius 2 is 2.04 bits per heavy atom. The van der Waals surface area contributed by atoms with Gasteiger partial charge in [0, 0.05) is 44.8 Å². The van der Waals surface area contributed by atoms with E-state index in [0.717, 1.165) is 5.13 Å². The molecule has 6 nitrogen and oxygen atoms in total. The zero-order valence-corrected chi connectivity index (χ0v) is 13.6. The second-order valence-corrected chi connectivity index (χ2v) is 5.92. The van der Waals surface area contributed by atoms with E-state index in [1.54, 1.807) is 24.1 Å². The fraction of sp³-hybridized carbons (Fsp3) is 0.400. The molecule has 2 aromatic rings. The molecule has 0 saturated carbocycles. The number of hydrogen-bond donors (Lipinski definition) is 0. The number of hydrogen-bond acceptors (Lipinski definition) is 6. The molecule has 0 aliphatic carbocycles. The molecule has 0 unspecified atom stereocenters. The number of aromatic nitrogens is 2. The van der Waals surface area contributed by atoms with Crippen LogP contribution in [0.2, 0.25) is 0 Å². The predicted molar refractivity (Wildman–Crippen MR) is 85.1 cm³/mol. The van der Waals surface area contributed by atoms with Crippen LogP contribution < -0.4 is 4.90 Å². The molecule has 1 aromatic carbocycles. The molecule has 3 rings (SSSR count). The van der Waals surface area contributed by atoms with Gasteiger partial charge in [0.1, 0.15) is 12.4 Å². The number of anilines is 1. The normalized spacial score (nSPS) is 15.0. The molecule has 1 amide bonds. The van der Waals surface area contributed by atoms with Crippen molar-refractivity contribution in [3.63, 3.8) is 0 Å². The summed E-state index contributed by atoms with van der Waals surface area (Å²) in [6.45, 7) is 2.77. The largest absolute Gasteiger partial charge is 0.377 e. The molecule has 0 radical (unpaired) electrons. The highest BCUT2D eigenvalue weighted by Gasteiger charge is 2.25. The number of rotatable bonds is 4. The van der Waals surface area contributed by atoms with E-state index in [-0.39, 0.29) is 11.5 Å². The van der Waals surface area contributed by atoms with Crippen LogP contribution in [-0.2, 0) is 11.3 Å². The number of halogens is 1. The Bertz CT molecular complexity index is 686. The zero-order chi connectivity index (χ0) is 16.2. The van der Waals surface area contributed by atoms with Gasteiger partial charge in [0.25, 0.3) is 5.91 Å². The molecule has 0 atom stereocenters. The fourth-order valence-electron chi connectivity index (χ4n) is 2.47. The summed E-state index contributed by atoms with van der Waals surface area (Å²) in [7, 11) is 1.60. The Morgan fingerprint density at radius 3 is 2.74 bits per heavy atom. The minimum Gasteiger partial charge on any atom is -0.377 e. The molecule has 23 heavy (non-hydrogen) atoms. The maximum absolute atomic E-state index is 13.7. The van der Waals surface area contributed by atoms with Crippen molar-refractivity contribution in [3.8, 4) is 0 Å². The van der Waals surface area contributed by atoms with E-state index in [1.807, 2.05) is 0 Å². The summed E-state index contributed by atoms with van der Waals surface area (Å²) in [6, 6.07) is 6.08. The summed E-state index contributed by atoms with van der Waals surface area (Å²) < 4.78 is 23.0. The number of carbonyl (C=O) groups is 1. The van der Waals surface area contributed by atoms with Crippen molar-refractivity contribution < 1.29 is 13.9 Å². The molecule has 1 aliphatic rings. The smallest absolute Gasteiger partial charge is 0.256 e. The number of nitrogens with zero attached hydrogens (tertiary/aromatic N) is 4. The number of methoxy groups -OCH3 is 1. The summed E-state index contributed by atoms with van der Waals surface area (Å²) in [6.07, 6.45) is 0. The lowest BCUT2D eigenvalue weighted by Gasteiger charge is -2.34. The van der Waals surface area contributed by atoms with Crippen molar-refractivity contribution in [3.05, 3.63) is 41.5 Å². The third kappa shape index (κ3) is 3.48. The Hall–Kier alpha value is -2.06. The topological polar surface area (TPSA) is 58.6 Å². The quantitative estimate of drug-likeness (QED) is 0.852. The number of amides is 1. The van der Waals surface area contributed by atoms with Crippen LogP contribution in [0.5, 0.6) is 0 Å². The minimum atomic E-state index is -0.478. The molecule has 1 aliphatic heterocycles. The van der Waals surface area contributed by atoms with E-state index >= 15 is 0 Å². The SMILES string of the molecule is COCc1nsc(N2CCN(C(=O)c3ccccc3F)CC2)n1. The first-order valence-electron chi connectivity index (χ1n) is 7.29. The summed E-state index contributed by atoms with van der Waals surface area (Å²) in [5.41, 5.74) is 0.124. The van der Waals surface area contributed by atoms with E-state index in [4.69, 9.17) is 4.74 Å². The highest BCUT2D eigenvalue weighted by Crippen LogP contribution is 2.20. The van der Waals surface area contributed by atoms with E-state index in [2.05, 4.69) is 14.3 Å². The monoisotopic (exact) mass is 336 g/mol. The summed E-state index contributed by atoms with van der Waals surface area (Å²) >= 11 is 1.33. The molecule has 1 fully saturated rings. The molecule has 0 bridgehead atoms.